The summed E-state index contributed by atoms with van der Waals surface area (Å²) >= 11 is 0. The average Bonchev–Trinajstić information content (AvgIpc) is 3.21. The maximum Gasteiger partial charge on any atom is 0.341 e. The molecule has 0 bridgehead atoms. The number of nitrogens with zero attached hydrogens (tertiary/aromatic N) is 2. The second-order valence-electron chi connectivity index (χ2n) is 7.30. The van der Waals surface area contributed by atoms with Crippen molar-refractivity contribution in [2.75, 3.05) is 31.1 Å². The predicted molar refractivity (Wildman–Crippen MR) is 97.4 cm³/mol. The molecule has 3 aliphatic heterocycles. The Bertz CT molecular complexity index is 1090. The highest BCUT2D eigenvalue weighted by Crippen LogP contribution is 2.43. The van der Waals surface area contributed by atoms with E-state index >= 15 is 4.39 Å². The topological polar surface area (TPSA) is 83.8 Å². The van der Waals surface area contributed by atoms with Crippen LogP contribution in [0.5, 0.6) is 5.75 Å². The number of rotatable bonds is 2. The zero-order valence-corrected chi connectivity index (χ0v) is 14.7. The van der Waals surface area contributed by atoms with Crippen LogP contribution in [0.4, 0.5) is 10.1 Å². The number of aromatic carboxylic acids is 1. The van der Waals surface area contributed by atoms with E-state index in [1.54, 1.807) is 4.57 Å². The van der Waals surface area contributed by atoms with E-state index in [-0.39, 0.29) is 29.6 Å². The zero-order chi connectivity index (χ0) is 18.9. The molecule has 2 N–H and O–H groups in total. The van der Waals surface area contributed by atoms with Crippen LogP contribution in [0, 0.1) is 5.82 Å². The van der Waals surface area contributed by atoms with Crippen molar-refractivity contribution in [2.24, 2.45) is 0 Å². The molecule has 7 nitrogen and oxygen atoms in total. The maximum atomic E-state index is 15.1. The Balaban J connectivity index is 1.78. The van der Waals surface area contributed by atoms with Gasteiger partial charge in [-0.1, -0.05) is 6.08 Å². The van der Waals surface area contributed by atoms with Crippen molar-refractivity contribution in [3.05, 3.63) is 45.5 Å². The molecule has 140 valence electrons. The number of pyridine rings is 1. The quantitative estimate of drug-likeness (QED) is 0.779. The first kappa shape index (κ1) is 16.3. The number of aromatic nitrogens is 1. The summed E-state index contributed by atoms with van der Waals surface area (Å²) in [5.41, 5.74) is 0.964. The fourth-order valence-corrected chi connectivity index (χ4v) is 4.30. The minimum Gasteiger partial charge on any atom is -0.487 e. The molecular weight excluding hydrogens is 353 g/mol. The van der Waals surface area contributed by atoms with E-state index in [1.807, 2.05) is 11.8 Å². The lowest BCUT2D eigenvalue weighted by Crippen LogP contribution is -2.32. The number of halogens is 1. The molecule has 1 saturated heterocycles. The van der Waals surface area contributed by atoms with Gasteiger partial charge in [-0.15, -0.1) is 0 Å². The van der Waals surface area contributed by atoms with Gasteiger partial charge in [0.05, 0.1) is 16.9 Å². The molecule has 1 aromatic carbocycles. The Labute approximate surface area is 153 Å². The fraction of sp³-hybridized carbons (Fsp3) is 0.368. The van der Waals surface area contributed by atoms with Gasteiger partial charge in [0.2, 0.25) is 5.43 Å². The lowest BCUT2D eigenvalue weighted by Gasteiger charge is -2.31. The van der Waals surface area contributed by atoms with Crippen molar-refractivity contribution in [2.45, 2.75) is 19.0 Å². The van der Waals surface area contributed by atoms with E-state index in [9.17, 15) is 14.7 Å². The Morgan fingerprint density at radius 1 is 1.44 bits per heavy atom. The predicted octanol–water partition coefficient (Wildman–Crippen LogP) is 1.51. The van der Waals surface area contributed by atoms with Crippen LogP contribution in [0.15, 0.2) is 28.7 Å². The molecule has 0 aliphatic carbocycles. The molecule has 0 amide bonds. The van der Waals surface area contributed by atoms with E-state index in [0.717, 1.165) is 12.6 Å². The SMILES string of the molecule is C[C@H]1COc2c(N3CC4=CCNC4C3)c(F)cc3c(=O)c(C(=O)O)cn1c23. The van der Waals surface area contributed by atoms with E-state index < -0.39 is 17.2 Å². The molecule has 5 rings (SSSR count). The number of anilines is 1. The molecular formula is C19H18FN3O4. The molecule has 0 radical (unpaired) electrons. The fourth-order valence-electron chi connectivity index (χ4n) is 4.30. The first-order valence-corrected chi connectivity index (χ1v) is 8.90. The van der Waals surface area contributed by atoms with Crippen LogP contribution in [0.1, 0.15) is 23.3 Å². The second-order valence-corrected chi connectivity index (χ2v) is 7.30. The molecule has 2 atom stereocenters. The van der Waals surface area contributed by atoms with Gasteiger partial charge in [-0.3, -0.25) is 4.79 Å². The van der Waals surface area contributed by atoms with Crippen molar-refractivity contribution in [1.82, 2.24) is 9.88 Å². The van der Waals surface area contributed by atoms with Gasteiger partial charge in [0.25, 0.3) is 0 Å². The summed E-state index contributed by atoms with van der Waals surface area (Å²) in [6, 6.07) is 1.18. The molecule has 1 fully saturated rings. The Morgan fingerprint density at radius 2 is 2.26 bits per heavy atom. The molecule has 0 spiro atoms. The summed E-state index contributed by atoms with van der Waals surface area (Å²) in [5.74, 6) is -1.57. The highest BCUT2D eigenvalue weighted by atomic mass is 19.1. The standard InChI is InChI=1S/C19H18FN3O4/c1-9-8-27-18-15-11(17(24)12(19(25)26)6-23(9)15)4-13(20)16(18)22-5-10-2-3-21-14(10)7-22/h2,4,6,9,14,21H,3,5,7-8H2,1H3,(H,25,26)/t9-,14?/m0/s1. The van der Waals surface area contributed by atoms with Crippen molar-refractivity contribution in [3.8, 4) is 5.75 Å². The first-order chi connectivity index (χ1) is 13.0. The number of hydrogen-bond donors (Lipinski definition) is 2. The highest BCUT2D eigenvalue weighted by molar-refractivity contribution is 5.97. The van der Waals surface area contributed by atoms with Crippen molar-refractivity contribution >= 4 is 22.6 Å². The summed E-state index contributed by atoms with van der Waals surface area (Å²) in [6.45, 7) is 4.20. The third-order valence-electron chi connectivity index (χ3n) is 5.64. The number of fused-ring (bicyclic) bond motifs is 1. The molecule has 3 aliphatic rings. The molecule has 1 unspecified atom stereocenters. The maximum absolute atomic E-state index is 15.1. The molecule has 0 saturated carbocycles. The summed E-state index contributed by atoms with van der Waals surface area (Å²) in [5, 5.41) is 12.7. The molecule has 27 heavy (non-hydrogen) atoms. The summed E-state index contributed by atoms with van der Waals surface area (Å²) in [6.07, 6.45) is 3.46. The van der Waals surface area contributed by atoms with Crippen LogP contribution >= 0.6 is 0 Å². The van der Waals surface area contributed by atoms with Gasteiger partial charge in [0, 0.05) is 31.9 Å². The van der Waals surface area contributed by atoms with Crippen molar-refractivity contribution < 1.29 is 19.0 Å². The van der Waals surface area contributed by atoms with Gasteiger partial charge in [-0.05, 0) is 18.6 Å². The van der Waals surface area contributed by atoms with Crippen molar-refractivity contribution in [3.63, 3.8) is 0 Å². The van der Waals surface area contributed by atoms with Crippen LogP contribution in [0.2, 0.25) is 0 Å². The van der Waals surface area contributed by atoms with Gasteiger partial charge in [-0.2, -0.15) is 0 Å². The molecule has 8 heteroatoms. The number of carbonyl (C=O) groups is 1. The normalized spacial score (nSPS) is 23.3. The molecule has 4 heterocycles. The second kappa shape index (κ2) is 5.56. The Morgan fingerprint density at radius 3 is 3.00 bits per heavy atom. The lowest BCUT2D eigenvalue weighted by molar-refractivity contribution is 0.0694. The molecule has 2 aromatic rings. The van der Waals surface area contributed by atoms with Crippen molar-refractivity contribution in [1.29, 1.82) is 0 Å². The van der Waals surface area contributed by atoms with Gasteiger partial charge in [0.15, 0.2) is 11.6 Å². The van der Waals surface area contributed by atoms with E-state index in [2.05, 4.69) is 11.4 Å². The summed E-state index contributed by atoms with van der Waals surface area (Å²) < 4.78 is 22.7. The average molecular weight is 371 g/mol. The third-order valence-corrected chi connectivity index (χ3v) is 5.64. The third kappa shape index (κ3) is 2.22. The van der Waals surface area contributed by atoms with E-state index in [0.29, 0.717) is 30.0 Å². The van der Waals surface area contributed by atoms with E-state index in [1.165, 1.54) is 11.8 Å². The molecule has 1 aromatic heterocycles. The van der Waals surface area contributed by atoms with Gasteiger partial charge >= 0.3 is 5.97 Å². The Kier molecular flexibility index (Phi) is 3.36. The van der Waals surface area contributed by atoms with Crippen LogP contribution in [0.25, 0.3) is 10.9 Å². The highest BCUT2D eigenvalue weighted by Gasteiger charge is 2.35. The number of carboxylic acids is 1. The number of hydrogen-bond acceptors (Lipinski definition) is 5. The summed E-state index contributed by atoms with van der Waals surface area (Å²) in [4.78, 5) is 26.0. The van der Waals surface area contributed by atoms with Gasteiger partial charge in [0.1, 0.15) is 17.9 Å². The minimum atomic E-state index is -1.32. The number of ether oxygens (including phenoxy) is 1. The van der Waals surface area contributed by atoms with Gasteiger partial charge < -0.3 is 24.6 Å². The smallest absolute Gasteiger partial charge is 0.341 e. The number of nitrogens with one attached hydrogen (secondary N) is 1. The van der Waals surface area contributed by atoms with Crippen LogP contribution in [0.3, 0.4) is 0 Å². The zero-order valence-electron chi connectivity index (χ0n) is 14.7. The monoisotopic (exact) mass is 371 g/mol. The number of benzene rings is 1. The van der Waals surface area contributed by atoms with Gasteiger partial charge in [-0.25, -0.2) is 9.18 Å². The number of carboxylic acid groups (broad SMARTS) is 1. The Hall–Kier alpha value is -2.87. The lowest BCUT2D eigenvalue weighted by atomic mass is 10.1. The van der Waals surface area contributed by atoms with Crippen LogP contribution in [-0.4, -0.2) is 47.9 Å². The largest absolute Gasteiger partial charge is 0.487 e. The van der Waals surface area contributed by atoms with E-state index in [4.69, 9.17) is 4.74 Å². The van der Waals surface area contributed by atoms with Crippen LogP contribution in [-0.2, 0) is 0 Å². The summed E-state index contributed by atoms with van der Waals surface area (Å²) in [7, 11) is 0. The first-order valence-electron chi connectivity index (χ1n) is 8.90. The minimum absolute atomic E-state index is 0.0365. The van der Waals surface area contributed by atoms with Crippen LogP contribution < -0.4 is 20.4 Å².